The van der Waals surface area contributed by atoms with Gasteiger partial charge >= 0.3 is 17.8 Å². The molecule has 1 saturated heterocycles. The molecule has 0 saturated carbocycles. The summed E-state index contributed by atoms with van der Waals surface area (Å²) >= 11 is 0. The molecule has 0 bridgehead atoms. The molecule has 1 amide bonds. The number of carbonyl (C=O) groups is 1. The third-order valence-electron chi connectivity index (χ3n) is 4.87. The molecule has 1 N–H and O–H groups in total. The molecule has 2 aliphatic rings. The van der Waals surface area contributed by atoms with Crippen LogP contribution in [0.1, 0.15) is 36.8 Å². The zero-order valence-electron chi connectivity index (χ0n) is 14.1. The fourth-order valence-electron chi connectivity index (χ4n) is 3.65. The first-order valence-electron chi connectivity index (χ1n) is 8.30. The predicted octanol–water partition coefficient (Wildman–Crippen LogP) is 3.20. The second-order valence-corrected chi connectivity index (χ2v) is 6.54. The van der Waals surface area contributed by atoms with Crippen LogP contribution in [-0.2, 0) is 10.5 Å². The molecule has 2 heterocycles. The number of amides is 1. The second-order valence-electron chi connectivity index (χ2n) is 6.54. The predicted molar refractivity (Wildman–Crippen MR) is 86.2 cm³/mol. The van der Waals surface area contributed by atoms with E-state index in [1.54, 1.807) is 6.92 Å². The van der Waals surface area contributed by atoms with E-state index in [1.165, 1.54) is 24.3 Å². The Kier molecular flexibility index (Phi) is 4.41. The molecule has 6 nitrogen and oxygen atoms in total. The summed E-state index contributed by atoms with van der Waals surface area (Å²) < 4.78 is 43.0. The van der Waals surface area contributed by atoms with Crippen LogP contribution >= 0.6 is 0 Å². The number of benzene rings is 1. The SMILES string of the molecule is Cc1ccc(C2(C(F)(F)F)NC(=O)C([N+](=O)[O-])=C3CCCCCN32)cc1. The van der Waals surface area contributed by atoms with Crippen molar-refractivity contribution in [2.75, 3.05) is 6.54 Å². The Morgan fingerprint density at radius 1 is 1.19 bits per heavy atom. The van der Waals surface area contributed by atoms with E-state index in [0.717, 1.165) is 10.5 Å². The maximum Gasteiger partial charge on any atom is 0.435 e. The molecular formula is C17H18F3N3O3. The smallest absolute Gasteiger partial charge is 0.335 e. The minimum atomic E-state index is -4.87. The van der Waals surface area contributed by atoms with Gasteiger partial charge in [0.25, 0.3) is 0 Å². The third kappa shape index (κ3) is 2.71. The summed E-state index contributed by atoms with van der Waals surface area (Å²) in [7, 11) is 0. The van der Waals surface area contributed by atoms with Crippen molar-refractivity contribution in [1.29, 1.82) is 0 Å². The maximum absolute atomic E-state index is 14.3. The van der Waals surface area contributed by atoms with Crippen molar-refractivity contribution in [3.63, 3.8) is 0 Å². The Hall–Kier alpha value is -2.58. The van der Waals surface area contributed by atoms with Gasteiger partial charge in [-0.25, -0.2) is 0 Å². The third-order valence-corrected chi connectivity index (χ3v) is 4.87. The van der Waals surface area contributed by atoms with E-state index in [2.05, 4.69) is 0 Å². The Bertz CT molecular complexity index is 774. The van der Waals surface area contributed by atoms with E-state index in [9.17, 15) is 28.1 Å². The second kappa shape index (κ2) is 6.30. The van der Waals surface area contributed by atoms with Crippen molar-refractivity contribution in [2.45, 2.75) is 44.4 Å². The summed E-state index contributed by atoms with van der Waals surface area (Å²) in [4.78, 5) is 23.8. The van der Waals surface area contributed by atoms with Crippen molar-refractivity contribution in [2.24, 2.45) is 0 Å². The number of carbonyl (C=O) groups excluding carboxylic acids is 1. The van der Waals surface area contributed by atoms with Gasteiger partial charge in [0, 0.05) is 12.1 Å². The van der Waals surface area contributed by atoms with Gasteiger partial charge in [-0.1, -0.05) is 36.2 Å². The van der Waals surface area contributed by atoms with E-state index in [4.69, 9.17) is 0 Å². The minimum Gasteiger partial charge on any atom is -0.335 e. The standard InChI is InChI=1S/C17H18F3N3O3/c1-11-6-8-12(9-7-11)16(17(18,19)20)21-15(24)14(23(25)26)13-5-3-2-4-10-22(13)16/h6-9H,2-5,10H2,1H3,(H,21,24). The molecular weight excluding hydrogens is 351 g/mol. The molecule has 1 unspecified atom stereocenters. The van der Waals surface area contributed by atoms with E-state index >= 15 is 0 Å². The fraction of sp³-hybridized carbons (Fsp3) is 0.471. The van der Waals surface area contributed by atoms with Crippen LogP contribution in [0, 0.1) is 17.0 Å². The molecule has 9 heteroatoms. The number of nitrogens with zero attached hydrogens (tertiary/aromatic N) is 2. The number of allylic oxidation sites excluding steroid dienone is 1. The van der Waals surface area contributed by atoms with E-state index in [0.29, 0.717) is 19.3 Å². The van der Waals surface area contributed by atoms with E-state index in [-0.39, 0.29) is 24.2 Å². The lowest BCUT2D eigenvalue weighted by atomic mass is 9.91. The molecule has 0 aliphatic carbocycles. The average molecular weight is 369 g/mol. The first-order chi connectivity index (χ1) is 12.2. The first kappa shape index (κ1) is 18.2. The Morgan fingerprint density at radius 3 is 2.42 bits per heavy atom. The van der Waals surface area contributed by atoms with Crippen LogP contribution in [-0.4, -0.2) is 28.5 Å². The molecule has 0 aromatic heterocycles. The van der Waals surface area contributed by atoms with Gasteiger partial charge < -0.3 is 10.2 Å². The van der Waals surface area contributed by atoms with Gasteiger partial charge in [0.15, 0.2) is 0 Å². The highest BCUT2D eigenvalue weighted by Gasteiger charge is 2.65. The minimum absolute atomic E-state index is 0.0274. The number of halogens is 3. The number of alkyl halides is 3. The number of hydrogen-bond donors (Lipinski definition) is 1. The fourth-order valence-corrected chi connectivity index (χ4v) is 3.65. The number of hydrogen-bond acceptors (Lipinski definition) is 4. The molecule has 26 heavy (non-hydrogen) atoms. The van der Waals surface area contributed by atoms with E-state index in [1.807, 2.05) is 5.32 Å². The molecule has 140 valence electrons. The molecule has 1 aromatic carbocycles. The van der Waals surface area contributed by atoms with Crippen LogP contribution in [0.25, 0.3) is 0 Å². The van der Waals surface area contributed by atoms with Crippen molar-refractivity contribution in [3.05, 3.63) is 56.9 Å². The van der Waals surface area contributed by atoms with Crippen LogP contribution in [0.15, 0.2) is 35.7 Å². The summed E-state index contributed by atoms with van der Waals surface area (Å²) in [5.41, 5.74) is -3.14. The van der Waals surface area contributed by atoms with Crippen LogP contribution in [0.5, 0.6) is 0 Å². The number of fused-ring (bicyclic) bond motifs is 1. The number of nitro groups is 1. The molecule has 1 aromatic rings. The van der Waals surface area contributed by atoms with Crippen molar-refractivity contribution in [1.82, 2.24) is 10.2 Å². The summed E-state index contributed by atoms with van der Waals surface area (Å²) in [6.45, 7) is 1.71. The molecule has 1 atom stereocenters. The summed E-state index contributed by atoms with van der Waals surface area (Å²) in [5.74, 6) is -1.30. The maximum atomic E-state index is 14.3. The summed E-state index contributed by atoms with van der Waals surface area (Å²) in [5, 5.41) is 13.3. The lowest BCUT2D eigenvalue weighted by Crippen LogP contribution is -2.69. The average Bonchev–Trinajstić information content (AvgIpc) is 2.79. The highest BCUT2D eigenvalue weighted by Crippen LogP contribution is 2.48. The first-order valence-corrected chi connectivity index (χ1v) is 8.30. The molecule has 0 spiro atoms. The van der Waals surface area contributed by atoms with Gasteiger partial charge in [0.05, 0.1) is 4.92 Å². The van der Waals surface area contributed by atoms with Crippen LogP contribution in [0.4, 0.5) is 13.2 Å². The van der Waals surface area contributed by atoms with Crippen molar-refractivity contribution >= 4 is 5.91 Å². The zero-order valence-corrected chi connectivity index (χ0v) is 14.1. The normalized spacial score (nSPS) is 24.0. The lowest BCUT2D eigenvalue weighted by molar-refractivity contribution is -0.424. The van der Waals surface area contributed by atoms with Gasteiger partial charge in [0.2, 0.25) is 5.66 Å². The summed E-state index contributed by atoms with van der Waals surface area (Å²) in [6.07, 6.45) is -3.21. The zero-order chi connectivity index (χ0) is 19.1. The molecule has 2 aliphatic heterocycles. The van der Waals surface area contributed by atoms with Gasteiger partial charge in [-0.05, 0) is 26.2 Å². The highest BCUT2D eigenvalue weighted by molar-refractivity contribution is 5.93. The largest absolute Gasteiger partial charge is 0.435 e. The van der Waals surface area contributed by atoms with Gasteiger partial charge in [-0.2, -0.15) is 13.2 Å². The number of rotatable bonds is 2. The summed E-state index contributed by atoms with van der Waals surface area (Å²) in [6, 6.07) is 5.67. The topological polar surface area (TPSA) is 75.5 Å². The Morgan fingerprint density at radius 2 is 1.85 bits per heavy atom. The van der Waals surface area contributed by atoms with Crippen LogP contribution < -0.4 is 5.32 Å². The van der Waals surface area contributed by atoms with Gasteiger partial charge in [-0.3, -0.25) is 14.9 Å². The van der Waals surface area contributed by atoms with Gasteiger partial charge in [0.1, 0.15) is 5.70 Å². The monoisotopic (exact) mass is 369 g/mol. The number of nitrogens with one attached hydrogen (secondary N) is 1. The van der Waals surface area contributed by atoms with Gasteiger partial charge in [-0.15, -0.1) is 0 Å². The Labute approximate surface area is 147 Å². The van der Waals surface area contributed by atoms with Crippen LogP contribution in [0.3, 0.4) is 0 Å². The van der Waals surface area contributed by atoms with Crippen molar-refractivity contribution in [3.8, 4) is 0 Å². The quantitative estimate of drug-likeness (QED) is 0.642. The molecule has 0 radical (unpaired) electrons. The van der Waals surface area contributed by atoms with E-state index < -0.39 is 28.4 Å². The van der Waals surface area contributed by atoms with Crippen LogP contribution in [0.2, 0.25) is 0 Å². The Balaban J connectivity index is 2.29. The number of aryl methyl sites for hydroxylation is 1. The van der Waals surface area contributed by atoms with Crippen molar-refractivity contribution < 1.29 is 22.9 Å². The highest BCUT2D eigenvalue weighted by atomic mass is 19.4. The molecule has 3 rings (SSSR count). The molecule has 1 fully saturated rings. The lowest BCUT2D eigenvalue weighted by Gasteiger charge is -2.48.